The van der Waals surface area contributed by atoms with Crippen LogP contribution in [-0.4, -0.2) is 32.4 Å². The Labute approximate surface area is 168 Å². The van der Waals surface area contributed by atoms with Gasteiger partial charge in [0.2, 0.25) is 0 Å². The molecule has 1 saturated carbocycles. The van der Waals surface area contributed by atoms with Gasteiger partial charge in [0.15, 0.2) is 0 Å². The number of sulfonamides is 1. The van der Waals surface area contributed by atoms with E-state index < -0.39 is 14.9 Å². The Hall–Kier alpha value is -3.14. The number of benzene rings is 2. The van der Waals surface area contributed by atoms with Gasteiger partial charge in [0.1, 0.15) is 5.75 Å². The molecule has 0 aliphatic heterocycles. The van der Waals surface area contributed by atoms with E-state index in [0.29, 0.717) is 5.56 Å². The molecule has 10 heteroatoms. The molecule has 0 atom stereocenters. The summed E-state index contributed by atoms with van der Waals surface area (Å²) in [5, 5.41) is 13.9. The maximum absolute atomic E-state index is 12.7. The SMILES string of the molecule is COc1ccc([N+](=O)[O-])cc1NS(=O)(=O)c1ccc(C(=O)NC2CCCC2)cc1. The quantitative estimate of drug-likeness (QED) is 0.524. The monoisotopic (exact) mass is 419 g/mol. The Bertz CT molecular complexity index is 1010. The number of rotatable bonds is 7. The fraction of sp³-hybridized carbons (Fsp3) is 0.316. The number of nitrogens with one attached hydrogen (secondary N) is 2. The minimum atomic E-state index is -4.04. The number of hydrogen-bond acceptors (Lipinski definition) is 6. The summed E-state index contributed by atoms with van der Waals surface area (Å²) in [5.41, 5.74) is 0.0379. The van der Waals surface area contributed by atoms with Crippen molar-refractivity contribution in [3.05, 3.63) is 58.1 Å². The highest BCUT2D eigenvalue weighted by Gasteiger charge is 2.21. The second kappa shape index (κ2) is 8.48. The number of methoxy groups -OCH3 is 1. The van der Waals surface area contributed by atoms with Crippen LogP contribution in [0.3, 0.4) is 0 Å². The van der Waals surface area contributed by atoms with Crippen LogP contribution in [0, 0.1) is 10.1 Å². The molecular formula is C19H21N3O6S. The third-order valence-corrected chi connectivity index (χ3v) is 6.14. The molecule has 2 aromatic rings. The number of nitro benzene ring substituents is 1. The predicted molar refractivity (Wildman–Crippen MR) is 107 cm³/mol. The lowest BCUT2D eigenvalue weighted by atomic mass is 10.2. The van der Waals surface area contributed by atoms with Crippen molar-refractivity contribution in [2.75, 3.05) is 11.8 Å². The van der Waals surface area contributed by atoms with Gasteiger partial charge in [-0.2, -0.15) is 0 Å². The van der Waals surface area contributed by atoms with Gasteiger partial charge in [0.05, 0.1) is 22.6 Å². The third-order valence-electron chi connectivity index (χ3n) is 4.76. The minimum absolute atomic E-state index is 0.0512. The molecule has 1 aliphatic carbocycles. The average molecular weight is 419 g/mol. The van der Waals surface area contributed by atoms with Gasteiger partial charge in [-0.1, -0.05) is 12.8 Å². The normalized spacial score (nSPS) is 14.4. The fourth-order valence-corrected chi connectivity index (χ4v) is 4.28. The van der Waals surface area contributed by atoms with Gasteiger partial charge in [0, 0.05) is 23.7 Å². The molecule has 29 heavy (non-hydrogen) atoms. The Morgan fingerprint density at radius 3 is 2.38 bits per heavy atom. The molecule has 0 bridgehead atoms. The summed E-state index contributed by atoms with van der Waals surface area (Å²) < 4.78 is 32.7. The molecule has 3 rings (SSSR count). The maximum atomic E-state index is 12.7. The summed E-state index contributed by atoms with van der Waals surface area (Å²) in [6.07, 6.45) is 4.09. The zero-order chi connectivity index (χ0) is 21.0. The van der Waals surface area contributed by atoms with Crippen LogP contribution in [0.5, 0.6) is 5.75 Å². The summed E-state index contributed by atoms with van der Waals surface area (Å²) in [6.45, 7) is 0. The standard InChI is InChI=1S/C19H21N3O6S/c1-28-18-11-8-15(22(24)25)12-17(18)21-29(26,27)16-9-6-13(7-10-16)19(23)20-14-4-2-3-5-14/h6-12,14,21H,2-5H2,1H3,(H,20,23). The second-order valence-electron chi connectivity index (χ2n) is 6.73. The molecule has 2 N–H and O–H groups in total. The topological polar surface area (TPSA) is 128 Å². The number of amides is 1. The van der Waals surface area contributed by atoms with Crippen LogP contribution in [0.1, 0.15) is 36.0 Å². The largest absolute Gasteiger partial charge is 0.495 e. The van der Waals surface area contributed by atoms with E-state index in [0.717, 1.165) is 31.7 Å². The highest BCUT2D eigenvalue weighted by atomic mass is 32.2. The number of non-ortho nitro benzene ring substituents is 1. The van der Waals surface area contributed by atoms with Crippen LogP contribution < -0.4 is 14.8 Å². The first-order valence-electron chi connectivity index (χ1n) is 9.06. The number of nitro groups is 1. The number of carbonyl (C=O) groups excluding carboxylic acids is 1. The molecular weight excluding hydrogens is 398 g/mol. The van der Waals surface area contributed by atoms with Gasteiger partial charge in [0.25, 0.3) is 21.6 Å². The zero-order valence-electron chi connectivity index (χ0n) is 15.8. The molecule has 0 spiro atoms. The number of ether oxygens (including phenoxy) is 1. The van der Waals surface area contributed by atoms with E-state index in [1.165, 1.54) is 43.5 Å². The summed E-state index contributed by atoms with van der Waals surface area (Å²) >= 11 is 0. The van der Waals surface area contributed by atoms with Gasteiger partial charge in [-0.25, -0.2) is 8.42 Å². The van der Waals surface area contributed by atoms with Crippen molar-refractivity contribution in [1.82, 2.24) is 5.32 Å². The Balaban J connectivity index is 1.78. The van der Waals surface area contributed by atoms with E-state index >= 15 is 0 Å². The van der Waals surface area contributed by atoms with Crippen molar-refractivity contribution in [3.63, 3.8) is 0 Å². The summed E-state index contributed by atoms with van der Waals surface area (Å²) in [4.78, 5) is 22.5. The highest BCUT2D eigenvalue weighted by Crippen LogP contribution is 2.31. The molecule has 1 aliphatic rings. The molecule has 9 nitrogen and oxygen atoms in total. The second-order valence-corrected chi connectivity index (χ2v) is 8.41. The van der Waals surface area contributed by atoms with Crippen molar-refractivity contribution in [1.29, 1.82) is 0 Å². The summed E-state index contributed by atoms with van der Waals surface area (Å²) in [6, 6.07) is 9.27. The zero-order valence-corrected chi connectivity index (χ0v) is 16.6. The van der Waals surface area contributed by atoms with Crippen LogP contribution in [0.25, 0.3) is 0 Å². The van der Waals surface area contributed by atoms with Gasteiger partial charge in [-0.05, 0) is 43.2 Å². The van der Waals surface area contributed by atoms with Gasteiger partial charge in [-0.15, -0.1) is 0 Å². The van der Waals surface area contributed by atoms with E-state index in [2.05, 4.69) is 10.0 Å². The summed E-state index contributed by atoms with van der Waals surface area (Å²) in [5.74, 6) is -0.0964. The van der Waals surface area contributed by atoms with Crippen molar-refractivity contribution in [2.24, 2.45) is 0 Å². The lowest BCUT2D eigenvalue weighted by Crippen LogP contribution is -2.32. The van der Waals surface area contributed by atoms with E-state index in [-0.39, 0.29) is 34.0 Å². The third kappa shape index (κ3) is 4.83. The van der Waals surface area contributed by atoms with Crippen LogP contribution in [0.15, 0.2) is 47.4 Å². The molecule has 0 aromatic heterocycles. The molecule has 0 saturated heterocycles. The van der Waals surface area contributed by atoms with Crippen molar-refractivity contribution in [2.45, 2.75) is 36.6 Å². The van der Waals surface area contributed by atoms with Crippen molar-refractivity contribution in [3.8, 4) is 5.75 Å². The fourth-order valence-electron chi connectivity index (χ4n) is 3.22. The first kappa shape index (κ1) is 20.6. The first-order valence-corrected chi connectivity index (χ1v) is 10.5. The van der Waals surface area contributed by atoms with Crippen LogP contribution >= 0.6 is 0 Å². The minimum Gasteiger partial charge on any atom is -0.495 e. The lowest BCUT2D eigenvalue weighted by Gasteiger charge is -2.13. The van der Waals surface area contributed by atoms with Gasteiger partial charge < -0.3 is 10.1 Å². The first-order chi connectivity index (χ1) is 13.8. The van der Waals surface area contributed by atoms with Crippen LogP contribution in [0.2, 0.25) is 0 Å². The Kier molecular flexibility index (Phi) is 6.02. The molecule has 0 heterocycles. The van der Waals surface area contributed by atoms with Crippen LogP contribution in [0.4, 0.5) is 11.4 Å². The molecule has 1 amide bonds. The van der Waals surface area contributed by atoms with Gasteiger partial charge >= 0.3 is 0 Å². The molecule has 1 fully saturated rings. The molecule has 2 aromatic carbocycles. The molecule has 0 unspecified atom stereocenters. The number of carbonyl (C=O) groups is 1. The molecule has 154 valence electrons. The lowest BCUT2D eigenvalue weighted by molar-refractivity contribution is -0.384. The van der Waals surface area contributed by atoms with Crippen molar-refractivity contribution >= 4 is 27.3 Å². The Morgan fingerprint density at radius 2 is 1.79 bits per heavy atom. The van der Waals surface area contributed by atoms with E-state index in [4.69, 9.17) is 4.74 Å². The maximum Gasteiger partial charge on any atom is 0.271 e. The highest BCUT2D eigenvalue weighted by molar-refractivity contribution is 7.92. The summed E-state index contributed by atoms with van der Waals surface area (Å²) in [7, 11) is -2.71. The van der Waals surface area contributed by atoms with E-state index in [1.807, 2.05) is 0 Å². The van der Waals surface area contributed by atoms with Crippen molar-refractivity contribution < 1.29 is 22.9 Å². The average Bonchev–Trinajstić information content (AvgIpc) is 3.20. The number of nitrogens with zero attached hydrogens (tertiary/aromatic N) is 1. The Morgan fingerprint density at radius 1 is 1.14 bits per heavy atom. The number of anilines is 1. The molecule has 0 radical (unpaired) electrons. The number of hydrogen-bond donors (Lipinski definition) is 2. The van der Waals surface area contributed by atoms with Gasteiger partial charge in [-0.3, -0.25) is 19.6 Å². The van der Waals surface area contributed by atoms with E-state index in [9.17, 15) is 23.3 Å². The van der Waals surface area contributed by atoms with E-state index in [1.54, 1.807) is 0 Å². The van der Waals surface area contributed by atoms with Crippen LogP contribution in [-0.2, 0) is 10.0 Å². The smallest absolute Gasteiger partial charge is 0.271 e. The predicted octanol–water partition coefficient (Wildman–Crippen LogP) is 3.08.